The Morgan fingerprint density at radius 3 is 2.73 bits per heavy atom. The highest BCUT2D eigenvalue weighted by molar-refractivity contribution is 5.97. The molecule has 0 unspecified atom stereocenters. The van der Waals surface area contributed by atoms with E-state index in [4.69, 9.17) is 5.53 Å². The molecule has 0 heterocycles. The normalized spacial score (nSPS) is 15.8. The van der Waals surface area contributed by atoms with Gasteiger partial charge < -0.3 is 10.4 Å². The number of allylic oxidation sites excluding steroid dienone is 4. The van der Waals surface area contributed by atoms with Gasteiger partial charge in [-0.15, -0.1) is 0 Å². The molecule has 1 rings (SSSR count). The number of hydrogen-bond donors (Lipinski definition) is 0. The molecule has 0 atom stereocenters. The van der Waals surface area contributed by atoms with Gasteiger partial charge in [-0.2, -0.15) is 4.79 Å². The average Bonchev–Trinajstić information content (AvgIpc) is 2.04. The Hall–Kier alpha value is -1.34. The number of hydrogen-bond acceptors (Lipinski definition) is 1. The van der Waals surface area contributed by atoms with Crippen LogP contribution >= 0.6 is 0 Å². The average molecular weight is 149 g/mol. The van der Waals surface area contributed by atoms with Crippen LogP contribution in [0.5, 0.6) is 0 Å². The maximum atomic E-state index is 8.60. The largest absolute Gasteiger partial charge is 0.372 e. The molecule has 0 saturated heterocycles. The molecule has 3 heteroatoms. The predicted molar refractivity (Wildman–Crippen MR) is 44.2 cm³/mol. The molecule has 1 aliphatic carbocycles. The molecule has 0 bridgehead atoms. The lowest BCUT2D eigenvalue weighted by Gasteiger charge is -2.13. The van der Waals surface area contributed by atoms with E-state index in [9.17, 15) is 0 Å². The van der Waals surface area contributed by atoms with Crippen molar-refractivity contribution in [2.45, 2.75) is 6.42 Å². The van der Waals surface area contributed by atoms with Gasteiger partial charge in [0, 0.05) is 14.1 Å². The van der Waals surface area contributed by atoms with Crippen LogP contribution in [-0.2, 0) is 0 Å². The molecule has 58 valence electrons. The van der Waals surface area contributed by atoms with Crippen LogP contribution < -0.4 is 0 Å². The molecule has 0 fully saturated rings. The standard InChI is InChI=1S/C8H11N3/c1-11(2)8-6-4-3-5-7(8)10-9/h3-4,6H,5H2,1-2H3. The van der Waals surface area contributed by atoms with Crippen molar-refractivity contribution in [2.75, 3.05) is 14.1 Å². The predicted octanol–water partition coefficient (Wildman–Crippen LogP) is 1.06. The second kappa shape index (κ2) is 3.17. The van der Waals surface area contributed by atoms with E-state index in [2.05, 4.69) is 4.79 Å². The summed E-state index contributed by atoms with van der Waals surface area (Å²) >= 11 is 0. The van der Waals surface area contributed by atoms with Crippen LogP contribution in [0, 0.1) is 0 Å². The van der Waals surface area contributed by atoms with Crippen LogP contribution in [0.4, 0.5) is 0 Å². The van der Waals surface area contributed by atoms with Crippen LogP contribution in [0.25, 0.3) is 5.53 Å². The van der Waals surface area contributed by atoms with Crippen molar-refractivity contribution in [1.29, 1.82) is 0 Å². The molecule has 0 aromatic heterocycles. The van der Waals surface area contributed by atoms with E-state index in [0.717, 1.165) is 11.4 Å². The first-order chi connectivity index (χ1) is 5.25. The molecule has 0 amide bonds. The van der Waals surface area contributed by atoms with Gasteiger partial charge in [0.25, 0.3) is 0 Å². The summed E-state index contributed by atoms with van der Waals surface area (Å²) in [4.78, 5) is 5.13. The van der Waals surface area contributed by atoms with E-state index in [1.165, 1.54) is 0 Å². The molecule has 0 aromatic carbocycles. The number of rotatable bonds is 1. The molecular formula is C8H11N3. The van der Waals surface area contributed by atoms with Crippen molar-refractivity contribution in [1.82, 2.24) is 4.90 Å². The fourth-order valence-corrected chi connectivity index (χ4v) is 1.04. The summed E-state index contributed by atoms with van der Waals surface area (Å²) in [5.74, 6) is 0. The van der Waals surface area contributed by atoms with E-state index in [1.54, 1.807) is 0 Å². The van der Waals surface area contributed by atoms with Crippen molar-refractivity contribution in [2.24, 2.45) is 0 Å². The molecule has 11 heavy (non-hydrogen) atoms. The third-order valence-corrected chi connectivity index (χ3v) is 1.60. The fourth-order valence-electron chi connectivity index (χ4n) is 1.04. The lowest BCUT2D eigenvalue weighted by atomic mass is 10.1. The Labute approximate surface area is 66.3 Å². The maximum absolute atomic E-state index is 8.60. The SMILES string of the molecule is CN(C)C1=CC=CCC1=[N+]=[N-]. The van der Waals surface area contributed by atoms with Crippen LogP contribution in [0.1, 0.15) is 6.42 Å². The molecule has 0 N–H and O–H groups in total. The molecule has 0 radical (unpaired) electrons. The third-order valence-electron chi connectivity index (χ3n) is 1.60. The number of nitrogens with zero attached hydrogens (tertiary/aromatic N) is 3. The smallest absolute Gasteiger partial charge is 0.318 e. The van der Waals surface area contributed by atoms with Crippen molar-refractivity contribution in [3.05, 3.63) is 29.5 Å². The minimum Gasteiger partial charge on any atom is -0.372 e. The zero-order valence-electron chi connectivity index (χ0n) is 6.78. The summed E-state index contributed by atoms with van der Waals surface area (Å²) in [6.45, 7) is 0. The van der Waals surface area contributed by atoms with Gasteiger partial charge in [-0.05, 0) is 6.08 Å². The highest BCUT2D eigenvalue weighted by Gasteiger charge is 2.17. The van der Waals surface area contributed by atoms with Gasteiger partial charge in [-0.1, -0.05) is 12.2 Å². The van der Waals surface area contributed by atoms with E-state index in [-0.39, 0.29) is 0 Å². The summed E-state index contributed by atoms with van der Waals surface area (Å²) in [5, 5.41) is 0. The Morgan fingerprint density at radius 1 is 1.55 bits per heavy atom. The first-order valence-corrected chi connectivity index (χ1v) is 3.51. The van der Waals surface area contributed by atoms with Gasteiger partial charge in [0.05, 0.1) is 6.42 Å². The second-order valence-corrected chi connectivity index (χ2v) is 2.63. The quantitative estimate of drug-likeness (QED) is 0.406. The summed E-state index contributed by atoms with van der Waals surface area (Å²) in [6.07, 6.45) is 6.56. The first-order valence-electron chi connectivity index (χ1n) is 3.51. The van der Waals surface area contributed by atoms with Crippen LogP contribution in [0.2, 0.25) is 0 Å². The lowest BCUT2D eigenvalue weighted by Crippen LogP contribution is -2.20. The van der Waals surface area contributed by atoms with E-state index < -0.39 is 0 Å². The van der Waals surface area contributed by atoms with Crippen LogP contribution in [0.15, 0.2) is 23.9 Å². The molecule has 0 spiro atoms. The van der Waals surface area contributed by atoms with Crippen molar-refractivity contribution in [3.8, 4) is 0 Å². The van der Waals surface area contributed by atoms with Gasteiger partial charge >= 0.3 is 5.71 Å². The van der Waals surface area contributed by atoms with E-state index >= 15 is 0 Å². The van der Waals surface area contributed by atoms with Gasteiger partial charge in [-0.3, -0.25) is 0 Å². The highest BCUT2D eigenvalue weighted by atomic mass is 15.1. The van der Waals surface area contributed by atoms with Crippen molar-refractivity contribution < 1.29 is 4.79 Å². The summed E-state index contributed by atoms with van der Waals surface area (Å²) < 4.78 is 0. The molecule has 0 aliphatic heterocycles. The minimum atomic E-state index is 0.709. The second-order valence-electron chi connectivity index (χ2n) is 2.63. The monoisotopic (exact) mass is 149 g/mol. The van der Waals surface area contributed by atoms with Crippen LogP contribution in [-0.4, -0.2) is 29.5 Å². The van der Waals surface area contributed by atoms with Crippen molar-refractivity contribution in [3.63, 3.8) is 0 Å². The third kappa shape index (κ3) is 1.57. The first kappa shape index (κ1) is 7.76. The van der Waals surface area contributed by atoms with Crippen molar-refractivity contribution >= 4 is 5.71 Å². The van der Waals surface area contributed by atoms with Gasteiger partial charge in [-0.25, -0.2) is 0 Å². The summed E-state index contributed by atoms with van der Waals surface area (Å²) in [5.41, 5.74) is 10.3. The summed E-state index contributed by atoms with van der Waals surface area (Å²) in [7, 11) is 3.85. The molecule has 0 saturated carbocycles. The van der Waals surface area contributed by atoms with Gasteiger partial charge in [0.2, 0.25) is 0 Å². The Morgan fingerprint density at radius 2 is 2.27 bits per heavy atom. The highest BCUT2D eigenvalue weighted by Crippen LogP contribution is 2.09. The van der Waals surface area contributed by atoms with E-state index in [1.807, 2.05) is 37.2 Å². The van der Waals surface area contributed by atoms with Gasteiger partial charge in [0.1, 0.15) is 5.70 Å². The molecule has 0 aromatic rings. The van der Waals surface area contributed by atoms with E-state index in [0.29, 0.717) is 6.42 Å². The fraction of sp³-hybridized carbons (Fsp3) is 0.375. The van der Waals surface area contributed by atoms with Gasteiger partial charge in [0.15, 0.2) is 0 Å². The van der Waals surface area contributed by atoms with Crippen LogP contribution in [0.3, 0.4) is 0 Å². The Bertz CT molecular complexity index is 255. The molecule has 1 aliphatic rings. The molecular weight excluding hydrogens is 138 g/mol. The Balaban J connectivity index is 2.97. The maximum Gasteiger partial charge on any atom is 0.318 e. The lowest BCUT2D eigenvalue weighted by molar-refractivity contribution is -0.00818. The molecule has 3 nitrogen and oxygen atoms in total. The Kier molecular flexibility index (Phi) is 2.24. The minimum absolute atomic E-state index is 0.709. The topological polar surface area (TPSA) is 39.6 Å². The summed E-state index contributed by atoms with van der Waals surface area (Å²) in [6, 6.07) is 0. The zero-order chi connectivity index (χ0) is 8.27. The zero-order valence-corrected chi connectivity index (χ0v) is 6.78.